The van der Waals surface area contributed by atoms with Crippen LogP contribution in [0.4, 0.5) is 8.78 Å². The molecule has 0 aliphatic carbocycles. The molecule has 1 N–H and O–H groups in total. The SMILES string of the molecule is O=C(c1ccnc2c1C1(CCNCC1)OC2)c1cn(Cc2cc(F)cc(F)c2)c2cc(Cl)ccc12. The van der Waals surface area contributed by atoms with Crippen molar-refractivity contribution in [2.24, 2.45) is 0 Å². The van der Waals surface area contributed by atoms with Gasteiger partial charge in [-0.25, -0.2) is 8.78 Å². The zero-order valence-electron chi connectivity index (χ0n) is 18.8. The summed E-state index contributed by atoms with van der Waals surface area (Å²) in [4.78, 5) is 18.5. The minimum absolute atomic E-state index is 0.136. The molecule has 178 valence electrons. The molecule has 1 spiro atoms. The Hall–Kier alpha value is -3.13. The van der Waals surface area contributed by atoms with Gasteiger partial charge in [0.25, 0.3) is 0 Å². The Bertz CT molecular complexity index is 1450. The molecule has 1 saturated heterocycles. The Kier molecular flexibility index (Phi) is 5.44. The average Bonchev–Trinajstić information content (AvgIpc) is 3.37. The minimum atomic E-state index is -0.648. The van der Waals surface area contributed by atoms with Gasteiger partial charge in [-0.2, -0.15) is 0 Å². The second kappa shape index (κ2) is 8.52. The van der Waals surface area contributed by atoms with E-state index in [2.05, 4.69) is 10.3 Å². The van der Waals surface area contributed by atoms with Crippen LogP contribution in [-0.2, 0) is 23.5 Å². The van der Waals surface area contributed by atoms with E-state index in [1.54, 1.807) is 35.2 Å². The highest BCUT2D eigenvalue weighted by Crippen LogP contribution is 2.44. The molecule has 2 aromatic carbocycles. The summed E-state index contributed by atoms with van der Waals surface area (Å²) in [5.41, 5.74) is 3.42. The van der Waals surface area contributed by atoms with Crippen LogP contribution in [0.5, 0.6) is 0 Å². The van der Waals surface area contributed by atoms with Crippen LogP contribution in [0.3, 0.4) is 0 Å². The van der Waals surface area contributed by atoms with Gasteiger partial charge in [-0.05, 0) is 61.8 Å². The summed E-state index contributed by atoms with van der Waals surface area (Å²) in [5.74, 6) is -1.43. The molecule has 4 heterocycles. The third-order valence-electron chi connectivity index (χ3n) is 6.99. The first-order valence-corrected chi connectivity index (χ1v) is 11.9. The Morgan fingerprint density at radius 3 is 2.63 bits per heavy atom. The summed E-state index contributed by atoms with van der Waals surface area (Å²) >= 11 is 6.28. The van der Waals surface area contributed by atoms with E-state index in [1.807, 2.05) is 6.07 Å². The van der Waals surface area contributed by atoms with Crippen molar-refractivity contribution in [3.05, 3.63) is 99.5 Å². The molecule has 2 aliphatic rings. The van der Waals surface area contributed by atoms with Crippen molar-refractivity contribution in [3.8, 4) is 0 Å². The van der Waals surface area contributed by atoms with Crippen LogP contribution in [-0.4, -0.2) is 28.4 Å². The first kappa shape index (κ1) is 22.3. The topological polar surface area (TPSA) is 56.1 Å². The number of nitrogens with one attached hydrogen (secondary N) is 1. The van der Waals surface area contributed by atoms with Gasteiger partial charge in [0.05, 0.1) is 23.4 Å². The molecule has 5 nitrogen and oxygen atoms in total. The number of piperidine rings is 1. The number of pyridine rings is 1. The van der Waals surface area contributed by atoms with Gasteiger partial charge in [-0.3, -0.25) is 9.78 Å². The van der Waals surface area contributed by atoms with E-state index in [0.717, 1.165) is 48.6 Å². The standard InChI is InChI=1S/C27H22ClF2N3O2/c28-17-1-2-20-22(14-33(24(20)11-17)13-16-9-18(29)12-19(30)10-16)26(34)21-3-6-32-23-15-35-27(25(21)23)4-7-31-8-5-27/h1-3,6,9-12,14,31H,4-5,7-8,13,15H2. The molecule has 1 fully saturated rings. The first-order valence-electron chi connectivity index (χ1n) is 11.5. The summed E-state index contributed by atoms with van der Waals surface area (Å²) in [7, 11) is 0. The van der Waals surface area contributed by atoms with E-state index in [0.29, 0.717) is 33.8 Å². The number of carbonyl (C=O) groups excluding carboxylic acids is 1. The van der Waals surface area contributed by atoms with Crippen molar-refractivity contribution in [1.29, 1.82) is 0 Å². The number of rotatable bonds is 4. The van der Waals surface area contributed by atoms with Crippen LogP contribution in [0.25, 0.3) is 10.9 Å². The van der Waals surface area contributed by atoms with Gasteiger partial charge in [0, 0.05) is 52.1 Å². The van der Waals surface area contributed by atoms with Gasteiger partial charge in [0.2, 0.25) is 0 Å². The summed E-state index contributed by atoms with van der Waals surface area (Å²) in [6.45, 7) is 2.19. The van der Waals surface area contributed by atoms with E-state index >= 15 is 0 Å². The maximum atomic E-state index is 14.0. The highest BCUT2D eigenvalue weighted by atomic mass is 35.5. The normalized spacial score (nSPS) is 16.7. The van der Waals surface area contributed by atoms with Gasteiger partial charge in [-0.1, -0.05) is 17.7 Å². The van der Waals surface area contributed by atoms with Crippen molar-refractivity contribution in [2.45, 2.75) is 31.6 Å². The summed E-state index contributed by atoms with van der Waals surface area (Å²) < 4.78 is 35.7. The molecule has 0 saturated carbocycles. The average molecular weight is 494 g/mol. The molecule has 2 aromatic heterocycles. The van der Waals surface area contributed by atoms with E-state index < -0.39 is 17.2 Å². The summed E-state index contributed by atoms with van der Waals surface area (Å²) in [6, 6.07) is 10.5. The number of benzene rings is 2. The molecule has 6 rings (SSSR count). The Morgan fingerprint density at radius 1 is 1.09 bits per heavy atom. The molecule has 4 aromatic rings. The predicted molar refractivity (Wildman–Crippen MR) is 129 cm³/mol. The van der Waals surface area contributed by atoms with E-state index in [4.69, 9.17) is 16.3 Å². The molecule has 2 aliphatic heterocycles. The number of halogens is 3. The van der Waals surface area contributed by atoms with Gasteiger partial charge in [0.1, 0.15) is 11.6 Å². The molecular weight excluding hydrogens is 472 g/mol. The van der Waals surface area contributed by atoms with Gasteiger partial charge < -0.3 is 14.6 Å². The van der Waals surface area contributed by atoms with E-state index in [-0.39, 0.29) is 12.3 Å². The molecule has 35 heavy (non-hydrogen) atoms. The van der Waals surface area contributed by atoms with Gasteiger partial charge >= 0.3 is 0 Å². The molecule has 8 heteroatoms. The van der Waals surface area contributed by atoms with Gasteiger partial charge in [-0.15, -0.1) is 0 Å². The maximum absolute atomic E-state index is 14.0. The number of nitrogens with zero attached hydrogens (tertiary/aromatic N) is 2. The van der Waals surface area contributed by atoms with Crippen molar-refractivity contribution in [3.63, 3.8) is 0 Å². The fourth-order valence-electron chi connectivity index (χ4n) is 5.44. The lowest BCUT2D eigenvalue weighted by Gasteiger charge is -2.34. The predicted octanol–water partition coefficient (Wildman–Crippen LogP) is 5.36. The second-order valence-electron chi connectivity index (χ2n) is 9.15. The lowest BCUT2D eigenvalue weighted by atomic mass is 9.81. The zero-order chi connectivity index (χ0) is 24.2. The molecule has 0 atom stereocenters. The highest BCUT2D eigenvalue weighted by Gasteiger charge is 2.44. The molecule has 0 amide bonds. The zero-order valence-corrected chi connectivity index (χ0v) is 19.5. The first-order chi connectivity index (χ1) is 16.9. The third kappa shape index (κ3) is 3.84. The summed E-state index contributed by atoms with van der Waals surface area (Å²) in [5, 5.41) is 4.59. The van der Waals surface area contributed by atoms with Crippen LogP contribution in [0.15, 0.2) is 54.9 Å². The largest absolute Gasteiger partial charge is 0.364 e. The minimum Gasteiger partial charge on any atom is -0.364 e. The quantitative estimate of drug-likeness (QED) is 0.389. The van der Waals surface area contributed by atoms with Crippen molar-refractivity contribution >= 4 is 28.3 Å². The van der Waals surface area contributed by atoms with Crippen molar-refractivity contribution < 1.29 is 18.3 Å². The lowest BCUT2D eigenvalue weighted by Crippen LogP contribution is -2.40. The smallest absolute Gasteiger partial charge is 0.195 e. The molecule has 0 unspecified atom stereocenters. The van der Waals surface area contributed by atoms with Gasteiger partial charge in [0.15, 0.2) is 5.78 Å². The number of carbonyl (C=O) groups is 1. The van der Waals surface area contributed by atoms with Crippen molar-refractivity contribution in [1.82, 2.24) is 14.9 Å². The Balaban J connectivity index is 1.47. The number of fused-ring (bicyclic) bond motifs is 3. The van der Waals surface area contributed by atoms with E-state index in [1.165, 1.54) is 12.1 Å². The molecule has 0 radical (unpaired) electrons. The Morgan fingerprint density at radius 2 is 1.86 bits per heavy atom. The van der Waals surface area contributed by atoms with Crippen LogP contribution in [0.1, 0.15) is 45.6 Å². The number of hydrogen-bond donors (Lipinski definition) is 1. The van der Waals surface area contributed by atoms with Crippen molar-refractivity contribution in [2.75, 3.05) is 13.1 Å². The molecular formula is C27H22ClF2N3O2. The molecule has 0 bridgehead atoms. The number of ketones is 1. The third-order valence-corrected chi connectivity index (χ3v) is 7.23. The number of ether oxygens (including phenoxy) is 1. The van der Waals surface area contributed by atoms with Crippen LogP contribution < -0.4 is 5.32 Å². The monoisotopic (exact) mass is 493 g/mol. The van der Waals surface area contributed by atoms with Crippen LogP contribution in [0, 0.1) is 11.6 Å². The maximum Gasteiger partial charge on any atom is 0.195 e. The van der Waals surface area contributed by atoms with Crippen LogP contribution >= 0.6 is 11.6 Å². The van der Waals surface area contributed by atoms with Crippen LogP contribution in [0.2, 0.25) is 5.02 Å². The highest BCUT2D eigenvalue weighted by molar-refractivity contribution is 6.31. The lowest BCUT2D eigenvalue weighted by molar-refractivity contribution is -0.0595. The summed E-state index contributed by atoms with van der Waals surface area (Å²) in [6.07, 6.45) is 4.94. The fourth-order valence-corrected chi connectivity index (χ4v) is 5.60. The van der Waals surface area contributed by atoms with E-state index in [9.17, 15) is 13.6 Å². The Labute approximate surface area is 205 Å². The number of aromatic nitrogens is 2. The second-order valence-corrected chi connectivity index (χ2v) is 9.59. The number of hydrogen-bond acceptors (Lipinski definition) is 4. The fraction of sp³-hybridized carbons (Fsp3) is 0.259.